The van der Waals surface area contributed by atoms with E-state index in [0.29, 0.717) is 11.5 Å². The molecule has 2 aromatic rings. The number of ether oxygens (including phenoxy) is 1. The molecule has 6 heteroatoms. The molecule has 2 rings (SSSR count). The number of hydrogen-bond acceptors (Lipinski definition) is 4. The van der Waals surface area contributed by atoms with Gasteiger partial charge < -0.3 is 10.5 Å². The van der Waals surface area contributed by atoms with Gasteiger partial charge in [-0.15, -0.1) is 0 Å². The Morgan fingerprint density at radius 3 is 2.62 bits per heavy atom. The summed E-state index contributed by atoms with van der Waals surface area (Å²) >= 11 is 6.03. The molecule has 2 aromatic carbocycles. The lowest BCUT2D eigenvalue weighted by molar-refractivity contribution is -0.384. The molecule has 110 valence electrons. The van der Waals surface area contributed by atoms with E-state index in [1.165, 1.54) is 18.2 Å². The average molecular weight is 307 g/mol. The van der Waals surface area contributed by atoms with Crippen molar-refractivity contribution in [2.45, 2.75) is 19.4 Å². The number of hydrogen-bond donors (Lipinski definition) is 1. The number of para-hydroxylation sites is 1. The summed E-state index contributed by atoms with van der Waals surface area (Å²) in [4.78, 5) is 10.2. The van der Waals surface area contributed by atoms with Crippen LogP contribution in [-0.2, 0) is 0 Å². The third-order valence-corrected chi connectivity index (χ3v) is 3.40. The number of nitro benzene ring substituents is 1. The number of non-ortho nitro benzene ring substituents is 1. The topological polar surface area (TPSA) is 78.4 Å². The van der Waals surface area contributed by atoms with Crippen molar-refractivity contribution in [3.05, 3.63) is 63.2 Å². The summed E-state index contributed by atoms with van der Waals surface area (Å²) in [5.74, 6) is 0.959. The van der Waals surface area contributed by atoms with E-state index >= 15 is 0 Å². The van der Waals surface area contributed by atoms with E-state index in [-0.39, 0.29) is 16.8 Å². The van der Waals surface area contributed by atoms with Crippen LogP contribution in [0.25, 0.3) is 0 Å². The third-order valence-electron chi connectivity index (χ3n) is 3.10. The van der Waals surface area contributed by atoms with Gasteiger partial charge in [0.2, 0.25) is 0 Å². The van der Waals surface area contributed by atoms with Crippen molar-refractivity contribution < 1.29 is 9.66 Å². The van der Waals surface area contributed by atoms with Crippen LogP contribution in [0, 0.1) is 10.1 Å². The van der Waals surface area contributed by atoms with Gasteiger partial charge in [0.15, 0.2) is 0 Å². The van der Waals surface area contributed by atoms with Gasteiger partial charge in [-0.2, -0.15) is 0 Å². The molecule has 0 unspecified atom stereocenters. The van der Waals surface area contributed by atoms with Gasteiger partial charge >= 0.3 is 0 Å². The molecule has 0 aliphatic rings. The molecule has 2 N–H and O–H groups in total. The van der Waals surface area contributed by atoms with E-state index in [2.05, 4.69) is 0 Å². The second kappa shape index (κ2) is 6.56. The molecule has 0 spiro atoms. The number of benzene rings is 2. The minimum atomic E-state index is -0.503. The SMILES string of the molecule is CC[C@H](N)c1ccccc1Oc1ccc([N+](=O)[O-])cc1Cl. The summed E-state index contributed by atoms with van der Waals surface area (Å²) in [6, 6.07) is 11.4. The highest BCUT2D eigenvalue weighted by molar-refractivity contribution is 6.32. The Morgan fingerprint density at radius 2 is 2.00 bits per heavy atom. The molecular weight excluding hydrogens is 292 g/mol. The lowest BCUT2D eigenvalue weighted by Gasteiger charge is -2.15. The molecule has 5 nitrogen and oxygen atoms in total. The summed E-state index contributed by atoms with van der Waals surface area (Å²) in [5, 5.41) is 10.9. The average Bonchev–Trinajstić information content (AvgIpc) is 2.49. The Kier molecular flexibility index (Phi) is 4.77. The zero-order chi connectivity index (χ0) is 15.4. The fourth-order valence-electron chi connectivity index (χ4n) is 1.90. The van der Waals surface area contributed by atoms with Crippen molar-refractivity contribution in [3.8, 4) is 11.5 Å². The molecule has 1 atom stereocenters. The molecule has 0 heterocycles. The van der Waals surface area contributed by atoms with Crippen LogP contribution in [0.1, 0.15) is 24.9 Å². The van der Waals surface area contributed by atoms with Gasteiger partial charge in [0.05, 0.1) is 9.95 Å². The van der Waals surface area contributed by atoms with E-state index in [4.69, 9.17) is 22.1 Å². The lowest BCUT2D eigenvalue weighted by atomic mass is 10.0. The minimum absolute atomic E-state index is 0.0779. The summed E-state index contributed by atoms with van der Waals surface area (Å²) < 4.78 is 5.76. The van der Waals surface area contributed by atoms with E-state index in [1.807, 2.05) is 25.1 Å². The predicted molar refractivity (Wildman–Crippen MR) is 81.8 cm³/mol. The highest BCUT2D eigenvalue weighted by Gasteiger charge is 2.14. The van der Waals surface area contributed by atoms with Crippen molar-refractivity contribution in [3.63, 3.8) is 0 Å². The monoisotopic (exact) mass is 306 g/mol. The van der Waals surface area contributed by atoms with Crippen LogP contribution in [0.15, 0.2) is 42.5 Å². The number of halogens is 1. The van der Waals surface area contributed by atoms with Crippen molar-refractivity contribution in [2.24, 2.45) is 5.73 Å². The van der Waals surface area contributed by atoms with Crippen molar-refractivity contribution in [2.75, 3.05) is 0 Å². The third kappa shape index (κ3) is 3.51. The molecule has 21 heavy (non-hydrogen) atoms. The van der Waals surface area contributed by atoms with E-state index in [9.17, 15) is 10.1 Å². The Bertz CT molecular complexity index is 661. The van der Waals surface area contributed by atoms with Gasteiger partial charge in [-0.05, 0) is 18.6 Å². The Labute approximate surface area is 127 Å². The highest BCUT2D eigenvalue weighted by Crippen LogP contribution is 2.35. The molecule has 0 fully saturated rings. The number of nitro groups is 1. The summed E-state index contributed by atoms with van der Waals surface area (Å²) in [6.45, 7) is 1.99. The molecule has 0 bridgehead atoms. The standard InChI is InChI=1S/C15H15ClN2O3/c1-2-13(17)11-5-3-4-6-14(11)21-15-8-7-10(18(19)20)9-12(15)16/h3-9,13H,2,17H2,1H3/t13-/m0/s1. The minimum Gasteiger partial charge on any atom is -0.455 e. The Hall–Kier alpha value is -2.11. The second-order valence-electron chi connectivity index (χ2n) is 4.53. The first-order chi connectivity index (χ1) is 10.0. The molecular formula is C15H15ClN2O3. The molecule has 0 aliphatic carbocycles. The second-order valence-corrected chi connectivity index (χ2v) is 4.93. The maximum atomic E-state index is 10.7. The van der Waals surface area contributed by atoms with Crippen LogP contribution in [-0.4, -0.2) is 4.92 Å². The first-order valence-corrected chi connectivity index (χ1v) is 6.87. The van der Waals surface area contributed by atoms with Gasteiger partial charge in [0, 0.05) is 23.7 Å². The summed E-state index contributed by atoms with van der Waals surface area (Å²) in [7, 11) is 0. The van der Waals surface area contributed by atoms with Crippen LogP contribution >= 0.6 is 11.6 Å². The first-order valence-electron chi connectivity index (χ1n) is 6.49. The maximum absolute atomic E-state index is 10.7. The van der Waals surface area contributed by atoms with Crippen LogP contribution in [0.5, 0.6) is 11.5 Å². The smallest absolute Gasteiger partial charge is 0.271 e. The van der Waals surface area contributed by atoms with E-state index in [0.717, 1.165) is 12.0 Å². The highest BCUT2D eigenvalue weighted by atomic mass is 35.5. The number of nitrogens with zero attached hydrogens (tertiary/aromatic N) is 1. The summed E-state index contributed by atoms with van der Waals surface area (Å²) in [6.07, 6.45) is 0.772. The fraction of sp³-hybridized carbons (Fsp3) is 0.200. The molecule has 0 saturated carbocycles. The van der Waals surface area contributed by atoms with Gasteiger partial charge in [-0.1, -0.05) is 36.7 Å². The molecule has 0 aliphatic heterocycles. The molecule has 0 saturated heterocycles. The predicted octanol–water partition coefficient (Wildman–Crippen LogP) is 4.45. The summed E-state index contributed by atoms with van der Waals surface area (Å²) in [5.41, 5.74) is 6.84. The van der Waals surface area contributed by atoms with Gasteiger partial charge in [-0.25, -0.2) is 0 Å². The van der Waals surface area contributed by atoms with Crippen molar-refractivity contribution >= 4 is 17.3 Å². The van der Waals surface area contributed by atoms with E-state index in [1.54, 1.807) is 6.07 Å². The normalized spacial score (nSPS) is 12.0. The fourth-order valence-corrected chi connectivity index (χ4v) is 2.12. The Morgan fingerprint density at radius 1 is 1.29 bits per heavy atom. The van der Waals surface area contributed by atoms with Crippen LogP contribution in [0.4, 0.5) is 5.69 Å². The number of rotatable bonds is 5. The quantitative estimate of drug-likeness (QED) is 0.654. The van der Waals surface area contributed by atoms with Crippen molar-refractivity contribution in [1.29, 1.82) is 0 Å². The van der Waals surface area contributed by atoms with Crippen LogP contribution < -0.4 is 10.5 Å². The first kappa shape index (κ1) is 15.3. The van der Waals surface area contributed by atoms with Crippen LogP contribution in [0.3, 0.4) is 0 Å². The molecule has 0 radical (unpaired) electrons. The zero-order valence-electron chi connectivity index (χ0n) is 11.5. The van der Waals surface area contributed by atoms with Gasteiger partial charge in [0.25, 0.3) is 5.69 Å². The largest absolute Gasteiger partial charge is 0.455 e. The van der Waals surface area contributed by atoms with Gasteiger partial charge in [-0.3, -0.25) is 10.1 Å². The zero-order valence-corrected chi connectivity index (χ0v) is 12.2. The van der Waals surface area contributed by atoms with E-state index < -0.39 is 4.92 Å². The maximum Gasteiger partial charge on any atom is 0.271 e. The number of nitrogens with two attached hydrogens (primary N) is 1. The molecule has 0 aromatic heterocycles. The Balaban J connectivity index is 2.33. The van der Waals surface area contributed by atoms with Gasteiger partial charge in [0.1, 0.15) is 11.5 Å². The van der Waals surface area contributed by atoms with Crippen LogP contribution in [0.2, 0.25) is 5.02 Å². The lowest BCUT2D eigenvalue weighted by Crippen LogP contribution is -2.09. The molecule has 0 amide bonds. The van der Waals surface area contributed by atoms with Crippen molar-refractivity contribution in [1.82, 2.24) is 0 Å².